The zero-order chi connectivity index (χ0) is 20.2. The second kappa shape index (κ2) is 9.00. The van der Waals surface area contributed by atoms with E-state index >= 15 is 0 Å². The van der Waals surface area contributed by atoms with E-state index in [-0.39, 0.29) is 11.9 Å². The molecule has 29 heavy (non-hydrogen) atoms. The number of aryl methyl sites for hydroxylation is 1. The van der Waals surface area contributed by atoms with Gasteiger partial charge in [-0.3, -0.25) is 9.69 Å². The summed E-state index contributed by atoms with van der Waals surface area (Å²) in [4.78, 5) is 15.3. The summed E-state index contributed by atoms with van der Waals surface area (Å²) >= 11 is 0. The summed E-state index contributed by atoms with van der Waals surface area (Å²) in [6.45, 7) is 4.22. The molecular formula is C25H32N2O2. The molecule has 3 atom stereocenters. The lowest BCUT2D eigenvalue weighted by molar-refractivity contribution is -0.122. The maximum atomic E-state index is 12.8. The van der Waals surface area contributed by atoms with E-state index < -0.39 is 0 Å². The molecule has 1 fully saturated rings. The molecule has 2 aromatic rings. The molecular weight excluding hydrogens is 360 g/mol. The standard InChI is InChI=1S/C25H32N2O2/c1-18(19-7-4-3-5-8-19)27-14-13-22(17-27)26-25(28)16-21-10-6-9-20-15-23(29-2)11-12-24(20)21/h3-5,7-8,11-12,15,18,21-22H,6,9-10,13-14,16-17H2,1-2H3,(H,26,28). The summed E-state index contributed by atoms with van der Waals surface area (Å²) in [5.74, 6) is 1.43. The van der Waals surface area contributed by atoms with Crippen LogP contribution in [0.4, 0.5) is 0 Å². The molecule has 0 saturated carbocycles. The number of hydrogen-bond acceptors (Lipinski definition) is 3. The first-order valence-electron chi connectivity index (χ1n) is 10.9. The monoisotopic (exact) mass is 392 g/mol. The van der Waals surface area contributed by atoms with E-state index in [0.29, 0.717) is 18.4 Å². The molecule has 2 aromatic carbocycles. The van der Waals surface area contributed by atoms with Gasteiger partial charge in [0.2, 0.25) is 5.91 Å². The Kier molecular flexibility index (Phi) is 6.19. The molecule has 0 radical (unpaired) electrons. The number of fused-ring (bicyclic) bond motifs is 1. The number of benzene rings is 2. The number of methoxy groups -OCH3 is 1. The van der Waals surface area contributed by atoms with Gasteiger partial charge < -0.3 is 10.1 Å². The first kappa shape index (κ1) is 20.0. The number of amides is 1. The molecule has 1 N–H and O–H groups in total. The van der Waals surface area contributed by atoms with Gasteiger partial charge in [-0.15, -0.1) is 0 Å². The van der Waals surface area contributed by atoms with Gasteiger partial charge in [-0.25, -0.2) is 0 Å². The average molecular weight is 393 g/mol. The molecule has 1 aliphatic heterocycles. The Morgan fingerprint density at radius 2 is 2.03 bits per heavy atom. The van der Waals surface area contributed by atoms with Gasteiger partial charge in [0.1, 0.15) is 5.75 Å². The first-order chi connectivity index (χ1) is 14.1. The number of ether oxygens (including phenoxy) is 1. The zero-order valence-electron chi connectivity index (χ0n) is 17.6. The van der Waals surface area contributed by atoms with E-state index in [9.17, 15) is 4.79 Å². The summed E-state index contributed by atoms with van der Waals surface area (Å²) in [7, 11) is 1.71. The fourth-order valence-electron chi connectivity index (χ4n) is 4.94. The van der Waals surface area contributed by atoms with E-state index in [2.05, 4.69) is 59.6 Å². The third-order valence-corrected chi connectivity index (χ3v) is 6.63. The minimum atomic E-state index is 0.192. The molecule has 4 rings (SSSR count). The van der Waals surface area contributed by atoms with Crippen molar-refractivity contribution in [1.82, 2.24) is 10.2 Å². The molecule has 3 unspecified atom stereocenters. The summed E-state index contributed by atoms with van der Waals surface area (Å²) in [6, 6.07) is 17.6. The van der Waals surface area contributed by atoms with Crippen LogP contribution < -0.4 is 10.1 Å². The van der Waals surface area contributed by atoms with E-state index in [0.717, 1.165) is 44.5 Å². The van der Waals surface area contributed by atoms with Crippen LogP contribution in [0.15, 0.2) is 48.5 Å². The Labute approximate surface area is 174 Å². The number of hydrogen-bond donors (Lipinski definition) is 1. The van der Waals surface area contributed by atoms with Crippen molar-refractivity contribution in [2.24, 2.45) is 0 Å². The molecule has 1 aliphatic carbocycles. The SMILES string of the molecule is COc1ccc2c(c1)CCCC2CC(=O)NC1CCN(C(C)c2ccccc2)C1. The summed E-state index contributed by atoms with van der Waals surface area (Å²) in [6.07, 6.45) is 4.93. The topological polar surface area (TPSA) is 41.6 Å². The van der Waals surface area contributed by atoms with Gasteiger partial charge in [0, 0.05) is 31.6 Å². The first-order valence-corrected chi connectivity index (χ1v) is 10.9. The van der Waals surface area contributed by atoms with E-state index in [1.165, 1.54) is 16.7 Å². The second-order valence-electron chi connectivity index (χ2n) is 8.49. The molecule has 4 nitrogen and oxygen atoms in total. The quantitative estimate of drug-likeness (QED) is 0.789. The largest absolute Gasteiger partial charge is 0.497 e. The molecule has 154 valence electrons. The summed E-state index contributed by atoms with van der Waals surface area (Å²) < 4.78 is 5.36. The van der Waals surface area contributed by atoms with E-state index in [1.54, 1.807) is 7.11 Å². The highest BCUT2D eigenvalue weighted by atomic mass is 16.5. The lowest BCUT2D eigenvalue weighted by Gasteiger charge is -2.27. The third-order valence-electron chi connectivity index (χ3n) is 6.63. The fraction of sp³-hybridized carbons (Fsp3) is 0.480. The highest BCUT2D eigenvalue weighted by Crippen LogP contribution is 2.36. The van der Waals surface area contributed by atoms with E-state index in [4.69, 9.17) is 4.74 Å². The van der Waals surface area contributed by atoms with Crippen molar-refractivity contribution in [2.75, 3.05) is 20.2 Å². The molecule has 1 heterocycles. The predicted octanol–water partition coefficient (Wildman–Crippen LogP) is 4.46. The third kappa shape index (κ3) is 4.64. The van der Waals surface area contributed by atoms with Crippen molar-refractivity contribution >= 4 is 5.91 Å². The number of nitrogens with zero attached hydrogens (tertiary/aromatic N) is 1. The maximum absolute atomic E-state index is 12.8. The van der Waals surface area contributed by atoms with Crippen LogP contribution in [0.25, 0.3) is 0 Å². The van der Waals surface area contributed by atoms with Crippen LogP contribution >= 0.6 is 0 Å². The van der Waals surface area contributed by atoms with Crippen LogP contribution in [-0.2, 0) is 11.2 Å². The van der Waals surface area contributed by atoms with Crippen molar-refractivity contribution in [3.63, 3.8) is 0 Å². The Morgan fingerprint density at radius 1 is 1.21 bits per heavy atom. The zero-order valence-corrected chi connectivity index (χ0v) is 17.6. The number of rotatable bonds is 6. The Balaban J connectivity index is 1.32. The molecule has 1 amide bonds. The summed E-state index contributed by atoms with van der Waals surface area (Å²) in [5, 5.41) is 3.31. The molecule has 1 saturated heterocycles. The smallest absolute Gasteiger partial charge is 0.220 e. The normalized spacial score (nSPS) is 22.7. The van der Waals surface area contributed by atoms with Crippen LogP contribution in [0.5, 0.6) is 5.75 Å². The van der Waals surface area contributed by atoms with Crippen molar-refractivity contribution in [2.45, 2.75) is 57.0 Å². The van der Waals surface area contributed by atoms with Crippen molar-refractivity contribution < 1.29 is 9.53 Å². The van der Waals surface area contributed by atoms with Gasteiger partial charge in [0.05, 0.1) is 7.11 Å². The highest BCUT2D eigenvalue weighted by molar-refractivity contribution is 5.77. The number of carbonyl (C=O) groups excluding carboxylic acids is 1. The van der Waals surface area contributed by atoms with Gasteiger partial charge >= 0.3 is 0 Å². The summed E-state index contributed by atoms with van der Waals surface area (Å²) in [5.41, 5.74) is 4.02. The molecule has 0 bridgehead atoms. The van der Waals surface area contributed by atoms with Gasteiger partial charge in [0.25, 0.3) is 0 Å². The predicted molar refractivity (Wildman–Crippen MR) is 116 cm³/mol. The van der Waals surface area contributed by atoms with Gasteiger partial charge in [-0.05, 0) is 67.3 Å². The van der Waals surface area contributed by atoms with E-state index in [1.807, 2.05) is 6.07 Å². The van der Waals surface area contributed by atoms with Crippen molar-refractivity contribution in [3.05, 3.63) is 65.2 Å². The Bertz CT molecular complexity index is 836. The average Bonchev–Trinajstić information content (AvgIpc) is 3.22. The van der Waals surface area contributed by atoms with Crippen LogP contribution in [0.2, 0.25) is 0 Å². The second-order valence-corrected chi connectivity index (χ2v) is 8.49. The van der Waals surface area contributed by atoms with Crippen LogP contribution in [0.1, 0.15) is 61.3 Å². The minimum absolute atomic E-state index is 0.192. The highest BCUT2D eigenvalue weighted by Gasteiger charge is 2.29. The molecule has 2 aliphatic rings. The Morgan fingerprint density at radius 3 is 2.83 bits per heavy atom. The van der Waals surface area contributed by atoms with Crippen molar-refractivity contribution in [1.29, 1.82) is 0 Å². The van der Waals surface area contributed by atoms with Crippen LogP contribution in [0.3, 0.4) is 0 Å². The molecule has 0 aromatic heterocycles. The number of nitrogens with one attached hydrogen (secondary N) is 1. The van der Waals surface area contributed by atoms with Gasteiger partial charge in [-0.1, -0.05) is 36.4 Å². The number of carbonyl (C=O) groups is 1. The van der Waals surface area contributed by atoms with Gasteiger partial charge in [0.15, 0.2) is 0 Å². The maximum Gasteiger partial charge on any atom is 0.220 e. The lowest BCUT2D eigenvalue weighted by atomic mass is 9.81. The lowest BCUT2D eigenvalue weighted by Crippen LogP contribution is -2.38. The van der Waals surface area contributed by atoms with Gasteiger partial charge in [-0.2, -0.15) is 0 Å². The molecule has 0 spiro atoms. The van der Waals surface area contributed by atoms with Crippen LogP contribution in [-0.4, -0.2) is 37.0 Å². The Hall–Kier alpha value is -2.33. The fourth-order valence-corrected chi connectivity index (χ4v) is 4.94. The number of likely N-dealkylation sites (tertiary alicyclic amines) is 1. The molecule has 4 heteroatoms. The van der Waals surface area contributed by atoms with Crippen molar-refractivity contribution in [3.8, 4) is 5.75 Å². The van der Waals surface area contributed by atoms with Crippen LogP contribution in [0, 0.1) is 0 Å². The minimum Gasteiger partial charge on any atom is -0.497 e.